The fourth-order valence-corrected chi connectivity index (χ4v) is 2.64. The molecule has 0 saturated heterocycles. The van der Waals surface area contributed by atoms with Crippen molar-refractivity contribution in [1.29, 1.82) is 0 Å². The second-order valence-corrected chi connectivity index (χ2v) is 5.74. The Balaban J connectivity index is 2.15. The minimum atomic E-state index is -0.664. The van der Waals surface area contributed by atoms with Crippen LogP contribution in [0.5, 0.6) is 5.75 Å². The highest BCUT2D eigenvalue weighted by Gasteiger charge is 2.35. The fourth-order valence-electron chi connectivity index (χ4n) is 2.64. The van der Waals surface area contributed by atoms with Crippen molar-refractivity contribution in [3.05, 3.63) is 29.6 Å². The molecule has 0 radical (unpaired) electrons. The van der Waals surface area contributed by atoms with E-state index in [9.17, 15) is 19.4 Å². The molecule has 1 aliphatic rings. The number of hydrogen-bond donors (Lipinski definition) is 3. The maximum Gasteiger partial charge on any atom is 0.255 e. The highest BCUT2D eigenvalue weighted by molar-refractivity contribution is 5.97. The Morgan fingerprint density at radius 3 is 2.70 bits per heavy atom. The number of aromatic hydroxyl groups is 1. The van der Waals surface area contributed by atoms with Crippen molar-refractivity contribution < 1.29 is 19.4 Å². The standard InChI is InChI=1S/C15H20FNO3/c1-10-4-6-15(9-18,7-5-10)17-14(20)12-8-11(16)2-3-13(12)19/h2-3,8,10,18-19H,4-7,9H2,1H3,(H,17,20). The maximum absolute atomic E-state index is 13.2. The molecule has 0 aliphatic heterocycles. The molecule has 0 spiro atoms. The molecule has 1 saturated carbocycles. The summed E-state index contributed by atoms with van der Waals surface area (Å²) in [6.07, 6.45) is 3.23. The van der Waals surface area contributed by atoms with Crippen LogP contribution in [0.3, 0.4) is 0 Å². The van der Waals surface area contributed by atoms with E-state index in [-0.39, 0.29) is 17.9 Å². The van der Waals surface area contributed by atoms with E-state index < -0.39 is 17.3 Å². The van der Waals surface area contributed by atoms with Crippen LogP contribution in [0.25, 0.3) is 0 Å². The van der Waals surface area contributed by atoms with Gasteiger partial charge < -0.3 is 15.5 Å². The largest absolute Gasteiger partial charge is 0.507 e. The van der Waals surface area contributed by atoms with Gasteiger partial charge in [0, 0.05) is 0 Å². The summed E-state index contributed by atoms with van der Waals surface area (Å²) < 4.78 is 13.2. The number of aliphatic hydroxyl groups excluding tert-OH is 1. The van der Waals surface area contributed by atoms with Crippen LogP contribution in [0.2, 0.25) is 0 Å². The van der Waals surface area contributed by atoms with Crippen LogP contribution in [0.15, 0.2) is 18.2 Å². The average Bonchev–Trinajstić information content (AvgIpc) is 2.44. The Hall–Kier alpha value is -1.62. The Bertz CT molecular complexity index is 496. The van der Waals surface area contributed by atoms with Crippen LogP contribution in [-0.2, 0) is 0 Å². The van der Waals surface area contributed by atoms with Crippen molar-refractivity contribution >= 4 is 5.91 Å². The van der Waals surface area contributed by atoms with Gasteiger partial charge in [-0.3, -0.25) is 4.79 Å². The van der Waals surface area contributed by atoms with E-state index in [1.54, 1.807) is 0 Å². The topological polar surface area (TPSA) is 69.6 Å². The molecule has 4 nitrogen and oxygen atoms in total. The van der Waals surface area contributed by atoms with Crippen molar-refractivity contribution in [3.63, 3.8) is 0 Å². The maximum atomic E-state index is 13.2. The van der Waals surface area contributed by atoms with Crippen molar-refractivity contribution in [2.24, 2.45) is 5.92 Å². The molecular weight excluding hydrogens is 261 g/mol. The number of amides is 1. The number of phenols is 1. The van der Waals surface area contributed by atoms with Gasteiger partial charge in [0.05, 0.1) is 17.7 Å². The molecule has 2 rings (SSSR count). The Kier molecular flexibility index (Phi) is 4.28. The molecule has 1 aromatic carbocycles. The first kappa shape index (κ1) is 14.8. The van der Waals surface area contributed by atoms with E-state index in [1.165, 1.54) is 0 Å². The third kappa shape index (κ3) is 3.10. The van der Waals surface area contributed by atoms with Crippen LogP contribution in [0.1, 0.15) is 43.0 Å². The number of benzene rings is 1. The monoisotopic (exact) mass is 281 g/mol. The van der Waals surface area contributed by atoms with Gasteiger partial charge in [0.1, 0.15) is 11.6 Å². The first-order chi connectivity index (χ1) is 9.46. The molecule has 0 bridgehead atoms. The molecular formula is C15H20FNO3. The summed E-state index contributed by atoms with van der Waals surface area (Å²) >= 11 is 0. The molecule has 20 heavy (non-hydrogen) atoms. The normalized spacial score (nSPS) is 26.2. The highest BCUT2D eigenvalue weighted by atomic mass is 19.1. The number of carbonyl (C=O) groups is 1. The zero-order valence-electron chi connectivity index (χ0n) is 11.5. The summed E-state index contributed by atoms with van der Waals surface area (Å²) in [5.41, 5.74) is -0.765. The first-order valence-corrected chi connectivity index (χ1v) is 6.88. The molecule has 0 unspecified atom stereocenters. The number of phenolic OH excluding ortho intramolecular Hbond substituents is 1. The number of carbonyl (C=O) groups excluding carboxylic acids is 1. The zero-order valence-corrected chi connectivity index (χ0v) is 11.5. The van der Waals surface area contributed by atoms with E-state index in [0.717, 1.165) is 31.0 Å². The van der Waals surface area contributed by atoms with Crippen LogP contribution in [-0.4, -0.2) is 28.3 Å². The van der Waals surface area contributed by atoms with Gasteiger partial charge >= 0.3 is 0 Å². The fraction of sp³-hybridized carbons (Fsp3) is 0.533. The lowest BCUT2D eigenvalue weighted by atomic mass is 9.77. The molecule has 1 amide bonds. The van der Waals surface area contributed by atoms with Crippen molar-refractivity contribution in [1.82, 2.24) is 5.32 Å². The molecule has 0 aromatic heterocycles. The predicted octanol–water partition coefficient (Wildman–Crippen LogP) is 2.20. The third-order valence-corrected chi connectivity index (χ3v) is 4.12. The van der Waals surface area contributed by atoms with Gasteiger partial charge in [-0.15, -0.1) is 0 Å². The molecule has 3 N–H and O–H groups in total. The van der Waals surface area contributed by atoms with Gasteiger partial charge in [-0.05, 0) is 49.8 Å². The Morgan fingerprint density at radius 1 is 1.45 bits per heavy atom. The summed E-state index contributed by atoms with van der Waals surface area (Å²) in [5, 5.41) is 22.0. The van der Waals surface area contributed by atoms with Crippen LogP contribution >= 0.6 is 0 Å². The molecule has 0 heterocycles. The lowest BCUT2D eigenvalue weighted by Gasteiger charge is -2.38. The van der Waals surface area contributed by atoms with Gasteiger partial charge in [0.2, 0.25) is 0 Å². The van der Waals surface area contributed by atoms with Gasteiger partial charge in [-0.1, -0.05) is 6.92 Å². The van der Waals surface area contributed by atoms with Crippen molar-refractivity contribution in [3.8, 4) is 5.75 Å². The lowest BCUT2D eigenvalue weighted by Crippen LogP contribution is -2.53. The predicted molar refractivity (Wildman–Crippen MR) is 73.0 cm³/mol. The summed E-state index contributed by atoms with van der Waals surface area (Å²) in [5.74, 6) is -0.816. The van der Waals surface area contributed by atoms with Gasteiger partial charge in [-0.2, -0.15) is 0 Å². The van der Waals surface area contributed by atoms with E-state index in [1.807, 2.05) is 0 Å². The number of rotatable bonds is 3. The van der Waals surface area contributed by atoms with E-state index in [0.29, 0.717) is 18.8 Å². The molecule has 1 aromatic rings. The second-order valence-electron chi connectivity index (χ2n) is 5.74. The van der Waals surface area contributed by atoms with Gasteiger partial charge in [-0.25, -0.2) is 4.39 Å². The van der Waals surface area contributed by atoms with Crippen LogP contribution in [0, 0.1) is 11.7 Å². The Morgan fingerprint density at radius 2 is 2.10 bits per heavy atom. The van der Waals surface area contributed by atoms with Crippen LogP contribution in [0.4, 0.5) is 4.39 Å². The SMILES string of the molecule is CC1CCC(CO)(NC(=O)c2cc(F)ccc2O)CC1. The van der Waals surface area contributed by atoms with Crippen molar-refractivity contribution in [2.75, 3.05) is 6.61 Å². The summed E-state index contributed by atoms with van der Waals surface area (Å²) in [6.45, 7) is 1.99. The Labute approximate surface area is 117 Å². The highest BCUT2D eigenvalue weighted by Crippen LogP contribution is 2.32. The lowest BCUT2D eigenvalue weighted by molar-refractivity contribution is 0.0714. The van der Waals surface area contributed by atoms with Gasteiger partial charge in [0.25, 0.3) is 5.91 Å². The second kappa shape index (κ2) is 5.79. The minimum absolute atomic E-state index is 0.101. The number of hydrogen-bond acceptors (Lipinski definition) is 3. The number of halogens is 1. The molecule has 1 fully saturated rings. The first-order valence-electron chi connectivity index (χ1n) is 6.88. The summed E-state index contributed by atoms with van der Waals surface area (Å²) in [4.78, 5) is 12.2. The van der Waals surface area contributed by atoms with Crippen LogP contribution < -0.4 is 5.32 Å². The van der Waals surface area contributed by atoms with E-state index >= 15 is 0 Å². The minimum Gasteiger partial charge on any atom is -0.507 e. The van der Waals surface area contributed by atoms with E-state index in [2.05, 4.69) is 12.2 Å². The quantitative estimate of drug-likeness (QED) is 0.795. The van der Waals surface area contributed by atoms with E-state index in [4.69, 9.17) is 0 Å². The molecule has 5 heteroatoms. The molecule has 110 valence electrons. The average molecular weight is 281 g/mol. The smallest absolute Gasteiger partial charge is 0.255 e. The zero-order chi connectivity index (χ0) is 14.8. The summed E-state index contributed by atoms with van der Waals surface area (Å²) in [6, 6.07) is 3.25. The third-order valence-electron chi connectivity index (χ3n) is 4.12. The molecule has 0 atom stereocenters. The number of aliphatic hydroxyl groups is 1. The number of nitrogens with one attached hydrogen (secondary N) is 1. The van der Waals surface area contributed by atoms with Gasteiger partial charge in [0.15, 0.2) is 0 Å². The van der Waals surface area contributed by atoms with Crippen molar-refractivity contribution in [2.45, 2.75) is 38.1 Å². The molecule has 1 aliphatic carbocycles. The summed E-state index contributed by atoms with van der Waals surface area (Å²) in [7, 11) is 0.